The van der Waals surface area contributed by atoms with E-state index < -0.39 is 6.10 Å². The Morgan fingerprint density at radius 2 is 1.87 bits per heavy atom. The number of rotatable bonds is 6. The van der Waals surface area contributed by atoms with Gasteiger partial charge in [-0.05, 0) is 30.4 Å². The van der Waals surface area contributed by atoms with Crippen LogP contribution in [-0.2, 0) is 6.42 Å². The molecule has 3 heteroatoms. The van der Waals surface area contributed by atoms with Gasteiger partial charge < -0.3 is 10.8 Å². The van der Waals surface area contributed by atoms with Gasteiger partial charge >= 0.3 is 0 Å². The van der Waals surface area contributed by atoms with Crippen LogP contribution < -0.4 is 5.73 Å². The van der Waals surface area contributed by atoms with Crippen LogP contribution in [0.25, 0.3) is 0 Å². The molecule has 15 heavy (non-hydrogen) atoms. The topological polar surface area (TPSA) is 46.2 Å². The first kappa shape index (κ1) is 12.5. The third-order valence-electron chi connectivity index (χ3n) is 2.44. The van der Waals surface area contributed by atoms with Crippen molar-refractivity contribution in [3.63, 3.8) is 0 Å². The van der Waals surface area contributed by atoms with Gasteiger partial charge in [0.15, 0.2) is 0 Å². The summed E-state index contributed by atoms with van der Waals surface area (Å²) in [5, 5.41) is 9.49. The van der Waals surface area contributed by atoms with E-state index in [1.54, 1.807) is 0 Å². The number of hydrogen-bond acceptors (Lipinski definition) is 2. The fourth-order valence-corrected chi connectivity index (χ4v) is 1.66. The van der Waals surface area contributed by atoms with Gasteiger partial charge in [-0.2, -0.15) is 0 Å². The van der Waals surface area contributed by atoms with E-state index in [0.29, 0.717) is 0 Å². The maximum atomic E-state index is 9.49. The zero-order chi connectivity index (χ0) is 11.1. The lowest BCUT2D eigenvalue weighted by Crippen LogP contribution is -2.11. The number of aryl methyl sites for hydroxylation is 1. The number of nitrogens with two attached hydrogens (primary N) is 1. The molecule has 1 aromatic rings. The first-order valence-electron chi connectivity index (χ1n) is 5.31. The van der Waals surface area contributed by atoms with Crippen LogP contribution in [0.3, 0.4) is 0 Å². The Labute approximate surface area is 96.1 Å². The van der Waals surface area contributed by atoms with Crippen LogP contribution in [0.2, 0.25) is 0 Å². The van der Waals surface area contributed by atoms with Gasteiger partial charge in [-0.25, -0.2) is 0 Å². The summed E-state index contributed by atoms with van der Waals surface area (Å²) in [5.41, 5.74) is 7.55. The van der Waals surface area contributed by atoms with Crippen molar-refractivity contribution >= 4 is 11.6 Å². The van der Waals surface area contributed by atoms with Crippen LogP contribution in [0.5, 0.6) is 0 Å². The molecule has 0 bridgehead atoms. The summed E-state index contributed by atoms with van der Waals surface area (Å²) in [6.07, 6.45) is 2.67. The van der Waals surface area contributed by atoms with Crippen molar-refractivity contribution in [1.82, 2.24) is 0 Å². The molecule has 0 aliphatic rings. The van der Waals surface area contributed by atoms with Crippen LogP contribution in [0.15, 0.2) is 24.3 Å². The third-order valence-corrected chi connectivity index (χ3v) is 2.70. The van der Waals surface area contributed by atoms with Gasteiger partial charge in [0.05, 0.1) is 6.10 Å². The normalized spacial score (nSPS) is 12.7. The van der Waals surface area contributed by atoms with Crippen molar-refractivity contribution in [2.24, 2.45) is 5.73 Å². The molecular formula is C12H18ClNO. The number of aliphatic hydroxyl groups excluding tert-OH is 1. The van der Waals surface area contributed by atoms with E-state index in [2.05, 4.69) is 0 Å². The summed E-state index contributed by atoms with van der Waals surface area (Å²) in [6, 6.07) is 7.96. The van der Waals surface area contributed by atoms with E-state index in [1.165, 1.54) is 5.56 Å². The summed E-state index contributed by atoms with van der Waals surface area (Å²) in [5.74, 6) is 0.726. The molecule has 1 rings (SSSR count). The van der Waals surface area contributed by atoms with E-state index in [-0.39, 0.29) is 6.54 Å². The lowest BCUT2D eigenvalue weighted by molar-refractivity contribution is 0.186. The molecule has 0 saturated carbocycles. The summed E-state index contributed by atoms with van der Waals surface area (Å²) >= 11 is 5.61. The molecule has 0 fully saturated rings. The largest absolute Gasteiger partial charge is 0.387 e. The number of aliphatic hydroxyl groups is 1. The molecule has 1 unspecified atom stereocenters. The maximum absolute atomic E-state index is 9.49. The fourth-order valence-electron chi connectivity index (χ4n) is 1.47. The Kier molecular flexibility index (Phi) is 5.69. The molecule has 0 aliphatic heterocycles. The Morgan fingerprint density at radius 1 is 1.20 bits per heavy atom. The molecule has 2 nitrogen and oxygen atoms in total. The van der Waals surface area contributed by atoms with E-state index >= 15 is 0 Å². The molecule has 0 spiro atoms. The third kappa shape index (κ3) is 4.20. The second-order valence-electron chi connectivity index (χ2n) is 3.64. The van der Waals surface area contributed by atoms with Crippen molar-refractivity contribution in [1.29, 1.82) is 0 Å². The SMILES string of the molecule is NCC(O)c1ccc(CCCCCl)cc1. The average Bonchev–Trinajstić information content (AvgIpc) is 2.29. The minimum absolute atomic E-state index is 0.269. The van der Waals surface area contributed by atoms with E-state index in [9.17, 15) is 5.11 Å². The Balaban J connectivity index is 2.49. The predicted molar refractivity (Wildman–Crippen MR) is 64.1 cm³/mol. The van der Waals surface area contributed by atoms with Crippen molar-refractivity contribution in [2.75, 3.05) is 12.4 Å². The van der Waals surface area contributed by atoms with Crippen LogP contribution in [0.4, 0.5) is 0 Å². The lowest BCUT2D eigenvalue weighted by Gasteiger charge is -2.08. The minimum Gasteiger partial charge on any atom is -0.387 e. The van der Waals surface area contributed by atoms with Crippen molar-refractivity contribution in [2.45, 2.75) is 25.4 Å². The molecule has 0 heterocycles. The first-order chi connectivity index (χ1) is 7.27. The van der Waals surface area contributed by atoms with Crippen molar-refractivity contribution in [3.8, 4) is 0 Å². The molecule has 1 aromatic carbocycles. The van der Waals surface area contributed by atoms with Gasteiger partial charge in [0.25, 0.3) is 0 Å². The van der Waals surface area contributed by atoms with Gasteiger partial charge in [-0.15, -0.1) is 11.6 Å². The Morgan fingerprint density at radius 3 is 2.40 bits per heavy atom. The summed E-state index contributed by atoms with van der Waals surface area (Å²) in [7, 11) is 0. The highest BCUT2D eigenvalue weighted by molar-refractivity contribution is 6.17. The van der Waals surface area contributed by atoms with Crippen molar-refractivity contribution in [3.05, 3.63) is 35.4 Å². The zero-order valence-corrected chi connectivity index (χ0v) is 9.58. The summed E-state index contributed by atoms with van der Waals surface area (Å²) in [6.45, 7) is 0.269. The highest BCUT2D eigenvalue weighted by Gasteiger charge is 2.03. The molecular weight excluding hydrogens is 210 g/mol. The first-order valence-corrected chi connectivity index (χ1v) is 5.84. The molecule has 0 radical (unpaired) electrons. The summed E-state index contributed by atoms with van der Waals surface area (Å²) < 4.78 is 0. The molecule has 84 valence electrons. The number of benzene rings is 1. The molecule has 0 amide bonds. The second kappa shape index (κ2) is 6.83. The second-order valence-corrected chi connectivity index (χ2v) is 4.02. The molecule has 3 N–H and O–H groups in total. The quantitative estimate of drug-likeness (QED) is 0.579. The number of halogens is 1. The number of unbranched alkanes of at least 4 members (excludes halogenated alkanes) is 1. The number of hydrogen-bond donors (Lipinski definition) is 2. The molecule has 0 aromatic heterocycles. The lowest BCUT2D eigenvalue weighted by atomic mass is 10.0. The van der Waals surface area contributed by atoms with Crippen LogP contribution in [0.1, 0.15) is 30.1 Å². The smallest absolute Gasteiger partial charge is 0.0912 e. The summed E-state index contributed by atoms with van der Waals surface area (Å²) in [4.78, 5) is 0. The average molecular weight is 228 g/mol. The fraction of sp³-hybridized carbons (Fsp3) is 0.500. The van der Waals surface area contributed by atoms with E-state index in [4.69, 9.17) is 17.3 Å². The van der Waals surface area contributed by atoms with Gasteiger partial charge in [0.1, 0.15) is 0 Å². The minimum atomic E-state index is -0.540. The van der Waals surface area contributed by atoms with Gasteiger partial charge in [0, 0.05) is 12.4 Å². The van der Waals surface area contributed by atoms with Crippen LogP contribution in [-0.4, -0.2) is 17.5 Å². The standard InChI is InChI=1S/C12H18ClNO/c13-8-2-1-3-10-4-6-11(7-5-10)12(15)9-14/h4-7,12,15H,1-3,8-9,14H2. The van der Waals surface area contributed by atoms with Crippen LogP contribution >= 0.6 is 11.6 Å². The molecule has 0 saturated heterocycles. The molecule has 0 aliphatic carbocycles. The van der Waals surface area contributed by atoms with Gasteiger partial charge in [-0.3, -0.25) is 0 Å². The highest BCUT2D eigenvalue weighted by atomic mass is 35.5. The van der Waals surface area contributed by atoms with E-state index in [0.717, 1.165) is 30.7 Å². The van der Waals surface area contributed by atoms with Gasteiger partial charge in [-0.1, -0.05) is 24.3 Å². The van der Waals surface area contributed by atoms with Crippen molar-refractivity contribution < 1.29 is 5.11 Å². The highest BCUT2D eigenvalue weighted by Crippen LogP contribution is 2.13. The maximum Gasteiger partial charge on any atom is 0.0912 e. The van der Waals surface area contributed by atoms with E-state index in [1.807, 2.05) is 24.3 Å². The predicted octanol–water partition coefficient (Wildman–Crippen LogP) is 2.24. The number of alkyl halides is 1. The zero-order valence-electron chi connectivity index (χ0n) is 8.82. The Hall–Kier alpha value is -0.570. The van der Waals surface area contributed by atoms with Crippen LogP contribution in [0, 0.1) is 0 Å². The van der Waals surface area contributed by atoms with Gasteiger partial charge in [0.2, 0.25) is 0 Å². The monoisotopic (exact) mass is 227 g/mol. The molecule has 1 atom stereocenters. The Bertz CT molecular complexity index is 273.